The smallest absolute Gasteiger partial charge is 0.317 e. The third kappa shape index (κ3) is 3.08. The molecule has 3 rings (SSSR count). The lowest BCUT2D eigenvalue weighted by atomic mass is 10.2. The van der Waals surface area contributed by atoms with E-state index in [1.807, 2.05) is 11.0 Å². The molecule has 0 aliphatic carbocycles. The molecule has 0 spiro atoms. The van der Waals surface area contributed by atoms with Crippen LogP contribution in [0.4, 0.5) is 16.2 Å². The average Bonchev–Trinajstić information content (AvgIpc) is 2.80. The van der Waals surface area contributed by atoms with Crippen LogP contribution in [-0.2, 0) is 4.79 Å². The van der Waals surface area contributed by atoms with Crippen LogP contribution in [0.5, 0.6) is 0 Å². The first kappa shape index (κ1) is 13.7. The van der Waals surface area contributed by atoms with Gasteiger partial charge >= 0.3 is 6.03 Å². The molecule has 1 aromatic carbocycles. The highest BCUT2D eigenvalue weighted by Crippen LogP contribution is 2.15. The van der Waals surface area contributed by atoms with Gasteiger partial charge in [0.05, 0.1) is 12.6 Å². The van der Waals surface area contributed by atoms with Gasteiger partial charge in [-0.25, -0.2) is 4.79 Å². The Hall–Kier alpha value is -2.28. The fourth-order valence-corrected chi connectivity index (χ4v) is 2.83. The van der Waals surface area contributed by atoms with Crippen LogP contribution < -0.4 is 16.4 Å². The molecule has 1 atom stereocenters. The molecule has 2 saturated heterocycles. The summed E-state index contributed by atoms with van der Waals surface area (Å²) in [6, 6.07) is 7.30. The van der Waals surface area contributed by atoms with Gasteiger partial charge in [-0.3, -0.25) is 9.69 Å². The van der Waals surface area contributed by atoms with Crippen LogP contribution in [-0.4, -0.2) is 60.5 Å². The van der Waals surface area contributed by atoms with E-state index in [2.05, 4.69) is 15.5 Å². The van der Waals surface area contributed by atoms with E-state index in [4.69, 9.17) is 5.73 Å². The second-order valence-electron chi connectivity index (χ2n) is 5.44. The Morgan fingerprint density at radius 2 is 2.29 bits per heavy atom. The fraction of sp³-hybridized carbons (Fsp3) is 0.429. The molecule has 0 radical (unpaired) electrons. The lowest BCUT2D eigenvalue weighted by Gasteiger charge is -2.35. The Balaban J connectivity index is 1.53. The molecule has 0 bridgehead atoms. The summed E-state index contributed by atoms with van der Waals surface area (Å²) in [6.07, 6.45) is 0. The van der Waals surface area contributed by atoms with E-state index in [1.165, 1.54) is 0 Å². The predicted octanol–water partition coefficient (Wildman–Crippen LogP) is -0.0833. The summed E-state index contributed by atoms with van der Waals surface area (Å²) >= 11 is 0. The van der Waals surface area contributed by atoms with Crippen LogP contribution in [0.1, 0.15) is 0 Å². The number of nitrogens with one attached hydrogen (secondary N) is 2. The molecule has 2 fully saturated rings. The van der Waals surface area contributed by atoms with Crippen LogP contribution in [0, 0.1) is 0 Å². The summed E-state index contributed by atoms with van der Waals surface area (Å²) in [5, 5.41) is 5.67. The number of rotatable bonds is 3. The molecule has 21 heavy (non-hydrogen) atoms. The first-order valence-electron chi connectivity index (χ1n) is 7.04. The Morgan fingerprint density at radius 3 is 3.10 bits per heavy atom. The molecule has 7 heteroatoms. The Morgan fingerprint density at radius 1 is 1.43 bits per heavy atom. The number of nitrogens with two attached hydrogens (primary N) is 1. The Bertz CT molecular complexity index is 562. The van der Waals surface area contributed by atoms with Crippen LogP contribution >= 0.6 is 0 Å². The lowest BCUT2D eigenvalue weighted by Crippen LogP contribution is -2.53. The third-order valence-corrected chi connectivity index (χ3v) is 3.85. The number of fused-ring (bicyclic) bond motifs is 1. The largest absolute Gasteiger partial charge is 0.399 e. The third-order valence-electron chi connectivity index (χ3n) is 3.85. The van der Waals surface area contributed by atoms with Crippen LogP contribution in [0.25, 0.3) is 0 Å². The van der Waals surface area contributed by atoms with Gasteiger partial charge in [0.15, 0.2) is 0 Å². The maximum absolute atomic E-state index is 12.1. The molecule has 2 heterocycles. The second kappa shape index (κ2) is 5.61. The first-order valence-corrected chi connectivity index (χ1v) is 7.04. The second-order valence-corrected chi connectivity index (χ2v) is 5.44. The van der Waals surface area contributed by atoms with E-state index >= 15 is 0 Å². The van der Waals surface area contributed by atoms with Crippen molar-refractivity contribution in [3.63, 3.8) is 0 Å². The number of anilines is 2. The first-order chi connectivity index (χ1) is 10.1. The molecule has 7 nitrogen and oxygen atoms in total. The highest BCUT2D eigenvalue weighted by atomic mass is 16.2. The number of urea groups is 1. The quantitative estimate of drug-likeness (QED) is 0.679. The summed E-state index contributed by atoms with van der Waals surface area (Å²) in [7, 11) is 0. The van der Waals surface area contributed by atoms with Gasteiger partial charge < -0.3 is 21.3 Å². The number of amides is 3. The number of benzene rings is 1. The zero-order valence-electron chi connectivity index (χ0n) is 11.7. The molecule has 0 aromatic heterocycles. The molecular weight excluding hydrogens is 270 g/mol. The molecule has 2 aliphatic rings. The molecule has 0 saturated carbocycles. The number of piperazine rings is 1. The fourth-order valence-electron chi connectivity index (χ4n) is 2.83. The number of carbonyl (C=O) groups is 2. The monoisotopic (exact) mass is 289 g/mol. The minimum Gasteiger partial charge on any atom is -0.399 e. The van der Waals surface area contributed by atoms with Crippen LogP contribution in [0.2, 0.25) is 0 Å². The molecule has 112 valence electrons. The summed E-state index contributed by atoms with van der Waals surface area (Å²) in [4.78, 5) is 27.5. The maximum atomic E-state index is 12.1. The number of hydrogen-bond acceptors (Lipinski definition) is 4. The van der Waals surface area contributed by atoms with Crippen LogP contribution in [0.3, 0.4) is 0 Å². The minimum absolute atomic E-state index is 0.00358. The highest BCUT2D eigenvalue weighted by molar-refractivity contribution is 5.92. The SMILES string of the molecule is Nc1cccc(NC(=O)CN2CCN3C(=O)NCC3C2)c1. The number of carbonyl (C=O) groups excluding carboxylic acids is 2. The molecular formula is C14H19N5O2. The normalized spacial score (nSPS) is 21.8. The summed E-state index contributed by atoms with van der Waals surface area (Å²) in [6.45, 7) is 3.10. The standard InChI is InChI=1S/C14H19N5O2/c15-10-2-1-3-11(6-10)17-13(20)9-18-4-5-19-12(8-18)7-16-14(19)21/h1-3,6,12H,4-5,7-9,15H2,(H,16,21)(H,17,20). The molecule has 1 aromatic rings. The van der Waals surface area contributed by atoms with Crippen molar-refractivity contribution >= 4 is 23.3 Å². The zero-order chi connectivity index (χ0) is 14.8. The van der Waals surface area contributed by atoms with Crippen molar-refractivity contribution in [2.24, 2.45) is 0 Å². The van der Waals surface area contributed by atoms with E-state index in [9.17, 15) is 9.59 Å². The van der Waals surface area contributed by atoms with Crippen molar-refractivity contribution in [3.05, 3.63) is 24.3 Å². The van der Waals surface area contributed by atoms with Crippen molar-refractivity contribution in [2.75, 3.05) is 43.8 Å². The minimum atomic E-state index is -0.0636. The van der Waals surface area contributed by atoms with Gasteiger partial charge in [0, 0.05) is 37.6 Å². The van der Waals surface area contributed by atoms with Crippen molar-refractivity contribution < 1.29 is 9.59 Å². The lowest BCUT2D eigenvalue weighted by molar-refractivity contribution is -0.117. The van der Waals surface area contributed by atoms with E-state index < -0.39 is 0 Å². The zero-order valence-corrected chi connectivity index (χ0v) is 11.7. The van der Waals surface area contributed by atoms with Crippen molar-refractivity contribution in [1.29, 1.82) is 0 Å². The number of hydrogen-bond donors (Lipinski definition) is 3. The topological polar surface area (TPSA) is 90.7 Å². The number of nitrogen functional groups attached to an aromatic ring is 1. The van der Waals surface area contributed by atoms with Gasteiger partial charge in [0.25, 0.3) is 0 Å². The van der Waals surface area contributed by atoms with Crippen molar-refractivity contribution in [1.82, 2.24) is 15.1 Å². The predicted molar refractivity (Wildman–Crippen MR) is 79.8 cm³/mol. The Labute approximate surface area is 123 Å². The average molecular weight is 289 g/mol. The molecule has 3 amide bonds. The highest BCUT2D eigenvalue weighted by Gasteiger charge is 2.35. The van der Waals surface area contributed by atoms with Gasteiger partial charge in [0.2, 0.25) is 5.91 Å². The van der Waals surface area contributed by atoms with E-state index in [0.29, 0.717) is 37.6 Å². The van der Waals surface area contributed by atoms with E-state index in [0.717, 1.165) is 6.54 Å². The molecule has 4 N–H and O–H groups in total. The number of nitrogens with zero attached hydrogens (tertiary/aromatic N) is 2. The van der Waals surface area contributed by atoms with Crippen LogP contribution in [0.15, 0.2) is 24.3 Å². The molecule has 2 aliphatic heterocycles. The van der Waals surface area contributed by atoms with Gasteiger partial charge in [-0.15, -0.1) is 0 Å². The molecule has 1 unspecified atom stereocenters. The van der Waals surface area contributed by atoms with Gasteiger partial charge in [-0.2, -0.15) is 0 Å². The summed E-state index contributed by atoms with van der Waals surface area (Å²) in [5.41, 5.74) is 7.01. The maximum Gasteiger partial charge on any atom is 0.317 e. The Kier molecular flexibility index (Phi) is 3.66. The van der Waals surface area contributed by atoms with Gasteiger partial charge in [-0.05, 0) is 18.2 Å². The van der Waals surface area contributed by atoms with Crippen molar-refractivity contribution in [2.45, 2.75) is 6.04 Å². The summed E-state index contributed by atoms with van der Waals surface area (Å²) in [5.74, 6) is -0.0636. The summed E-state index contributed by atoms with van der Waals surface area (Å²) < 4.78 is 0. The van der Waals surface area contributed by atoms with Crippen molar-refractivity contribution in [3.8, 4) is 0 Å². The van der Waals surface area contributed by atoms with E-state index in [1.54, 1.807) is 18.2 Å². The van der Waals surface area contributed by atoms with E-state index in [-0.39, 0.29) is 18.0 Å². The van der Waals surface area contributed by atoms with Gasteiger partial charge in [0.1, 0.15) is 0 Å². The van der Waals surface area contributed by atoms with Gasteiger partial charge in [-0.1, -0.05) is 6.07 Å².